The molecule has 0 aromatic heterocycles. The van der Waals surface area contributed by atoms with Crippen LogP contribution in [0.4, 0.5) is 0 Å². The van der Waals surface area contributed by atoms with Gasteiger partial charge in [0.15, 0.2) is 0 Å². The van der Waals surface area contributed by atoms with Crippen molar-refractivity contribution < 1.29 is 8.42 Å². The van der Waals surface area contributed by atoms with Gasteiger partial charge in [0.1, 0.15) is 0 Å². The van der Waals surface area contributed by atoms with Crippen LogP contribution in [0.1, 0.15) is 13.8 Å². The van der Waals surface area contributed by atoms with E-state index in [2.05, 4.69) is 4.72 Å². The maximum Gasteiger partial charge on any atom is 0.213 e. The predicted octanol–water partition coefficient (Wildman–Crippen LogP) is 2.11. The summed E-state index contributed by atoms with van der Waals surface area (Å²) in [6.45, 7) is 3.82. The van der Waals surface area contributed by atoms with Crippen molar-refractivity contribution in [2.24, 2.45) is 0 Å². The van der Waals surface area contributed by atoms with E-state index in [0.717, 1.165) is 10.6 Å². The number of benzene rings is 1. The van der Waals surface area contributed by atoms with Crippen LogP contribution in [-0.4, -0.2) is 26.0 Å². The zero-order valence-electron chi connectivity index (χ0n) is 9.51. The molecule has 5 heteroatoms. The standard InChI is InChI=1S/C11H17NO2S2/c1-10(2)16(13,14)12-8-9-15-11-6-4-3-5-7-11/h3-7,10,12H,8-9H2,1-2H3. The second kappa shape index (κ2) is 6.27. The van der Waals surface area contributed by atoms with Crippen LogP contribution in [0.5, 0.6) is 0 Å². The van der Waals surface area contributed by atoms with E-state index in [4.69, 9.17) is 0 Å². The quantitative estimate of drug-likeness (QED) is 0.628. The van der Waals surface area contributed by atoms with E-state index >= 15 is 0 Å². The normalized spacial score (nSPS) is 11.9. The van der Waals surface area contributed by atoms with Crippen LogP contribution in [0.25, 0.3) is 0 Å². The van der Waals surface area contributed by atoms with Gasteiger partial charge in [0.2, 0.25) is 10.0 Å². The summed E-state index contributed by atoms with van der Waals surface area (Å²) >= 11 is 1.65. The van der Waals surface area contributed by atoms with Crippen LogP contribution in [0.15, 0.2) is 35.2 Å². The molecule has 90 valence electrons. The van der Waals surface area contributed by atoms with Crippen LogP contribution < -0.4 is 4.72 Å². The second-order valence-electron chi connectivity index (χ2n) is 3.65. The van der Waals surface area contributed by atoms with Crippen molar-refractivity contribution >= 4 is 21.8 Å². The highest BCUT2D eigenvalue weighted by atomic mass is 32.2. The molecular formula is C11H17NO2S2. The molecule has 0 atom stereocenters. The molecule has 0 amide bonds. The SMILES string of the molecule is CC(C)S(=O)(=O)NCCSc1ccccc1. The summed E-state index contributed by atoms with van der Waals surface area (Å²) in [4.78, 5) is 1.16. The van der Waals surface area contributed by atoms with Crippen molar-refractivity contribution in [1.29, 1.82) is 0 Å². The molecule has 0 heterocycles. The maximum atomic E-state index is 11.4. The average Bonchev–Trinajstić information content (AvgIpc) is 2.26. The van der Waals surface area contributed by atoms with Crippen LogP contribution in [0.2, 0.25) is 0 Å². The number of sulfonamides is 1. The fraction of sp³-hybridized carbons (Fsp3) is 0.455. The van der Waals surface area contributed by atoms with Crippen molar-refractivity contribution in [1.82, 2.24) is 4.72 Å². The van der Waals surface area contributed by atoms with E-state index in [1.165, 1.54) is 0 Å². The lowest BCUT2D eigenvalue weighted by Gasteiger charge is -2.08. The number of hydrogen-bond acceptors (Lipinski definition) is 3. The highest BCUT2D eigenvalue weighted by Crippen LogP contribution is 2.15. The van der Waals surface area contributed by atoms with Gasteiger partial charge in [-0.05, 0) is 26.0 Å². The summed E-state index contributed by atoms with van der Waals surface area (Å²) in [6, 6.07) is 9.94. The van der Waals surface area contributed by atoms with Gasteiger partial charge in [-0.25, -0.2) is 13.1 Å². The third-order valence-corrected chi connectivity index (χ3v) is 4.90. The molecular weight excluding hydrogens is 242 g/mol. The van der Waals surface area contributed by atoms with Gasteiger partial charge in [0, 0.05) is 17.2 Å². The van der Waals surface area contributed by atoms with Crippen molar-refractivity contribution in [3.05, 3.63) is 30.3 Å². The van der Waals surface area contributed by atoms with Crippen LogP contribution in [0.3, 0.4) is 0 Å². The van der Waals surface area contributed by atoms with E-state index in [1.807, 2.05) is 30.3 Å². The van der Waals surface area contributed by atoms with E-state index in [1.54, 1.807) is 25.6 Å². The third kappa shape index (κ3) is 4.55. The van der Waals surface area contributed by atoms with E-state index in [9.17, 15) is 8.42 Å². The number of nitrogens with one attached hydrogen (secondary N) is 1. The number of rotatable bonds is 6. The molecule has 1 aromatic carbocycles. The van der Waals surface area contributed by atoms with Gasteiger partial charge < -0.3 is 0 Å². The molecule has 1 rings (SSSR count). The molecule has 0 saturated heterocycles. The molecule has 0 aliphatic heterocycles. The van der Waals surface area contributed by atoms with Crippen molar-refractivity contribution in [2.75, 3.05) is 12.3 Å². The smallest absolute Gasteiger partial charge is 0.213 e. The molecule has 0 saturated carbocycles. The molecule has 16 heavy (non-hydrogen) atoms. The number of hydrogen-bond donors (Lipinski definition) is 1. The molecule has 0 spiro atoms. The molecule has 1 aromatic rings. The first-order valence-corrected chi connectivity index (χ1v) is 7.72. The maximum absolute atomic E-state index is 11.4. The summed E-state index contributed by atoms with van der Waals surface area (Å²) < 4.78 is 25.4. The average molecular weight is 259 g/mol. The van der Waals surface area contributed by atoms with Crippen LogP contribution in [0, 0.1) is 0 Å². The monoisotopic (exact) mass is 259 g/mol. The highest BCUT2D eigenvalue weighted by Gasteiger charge is 2.13. The first kappa shape index (κ1) is 13.5. The Morgan fingerprint density at radius 1 is 1.25 bits per heavy atom. The summed E-state index contributed by atoms with van der Waals surface area (Å²) in [5.41, 5.74) is 0. The Balaban J connectivity index is 2.28. The first-order valence-electron chi connectivity index (χ1n) is 5.18. The highest BCUT2D eigenvalue weighted by molar-refractivity contribution is 7.99. The molecule has 0 unspecified atom stereocenters. The minimum absolute atomic E-state index is 0.366. The van der Waals surface area contributed by atoms with E-state index < -0.39 is 10.0 Å². The summed E-state index contributed by atoms with van der Waals surface area (Å²) in [6.07, 6.45) is 0. The van der Waals surface area contributed by atoms with Gasteiger partial charge in [-0.1, -0.05) is 18.2 Å². The van der Waals surface area contributed by atoms with Crippen molar-refractivity contribution in [2.45, 2.75) is 24.0 Å². The third-order valence-electron chi connectivity index (χ3n) is 2.04. The molecule has 0 bridgehead atoms. The Morgan fingerprint density at radius 2 is 1.88 bits per heavy atom. The number of thioether (sulfide) groups is 1. The molecule has 1 N–H and O–H groups in total. The summed E-state index contributed by atoms with van der Waals surface area (Å²) in [5.74, 6) is 0.746. The molecule has 0 fully saturated rings. The topological polar surface area (TPSA) is 46.2 Å². The molecule has 0 aliphatic rings. The fourth-order valence-corrected chi connectivity index (χ4v) is 2.67. The lowest BCUT2D eigenvalue weighted by molar-refractivity contribution is 0.575. The van der Waals surface area contributed by atoms with Gasteiger partial charge in [0.25, 0.3) is 0 Å². The minimum atomic E-state index is -3.12. The van der Waals surface area contributed by atoms with Crippen LogP contribution >= 0.6 is 11.8 Å². The largest absolute Gasteiger partial charge is 0.214 e. The fourth-order valence-electron chi connectivity index (χ4n) is 1.04. The lowest BCUT2D eigenvalue weighted by Crippen LogP contribution is -2.32. The Bertz CT molecular complexity index is 401. The Labute approximate surface area is 102 Å². The van der Waals surface area contributed by atoms with Crippen LogP contribution in [-0.2, 0) is 10.0 Å². The second-order valence-corrected chi connectivity index (χ2v) is 7.14. The van der Waals surface area contributed by atoms with Crippen molar-refractivity contribution in [3.63, 3.8) is 0 Å². The van der Waals surface area contributed by atoms with Gasteiger partial charge >= 0.3 is 0 Å². The first-order chi connectivity index (χ1) is 7.52. The minimum Gasteiger partial charge on any atom is -0.214 e. The lowest BCUT2D eigenvalue weighted by atomic mass is 10.4. The van der Waals surface area contributed by atoms with Gasteiger partial charge in [-0.3, -0.25) is 0 Å². The molecule has 3 nitrogen and oxygen atoms in total. The predicted molar refractivity (Wildman–Crippen MR) is 69.2 cm³/mol. The summed E-state index contributed by atoms with van der Waals surface area (Å²) in [7, 11) is -3.12. The summed E-state index contributed by atoms with van der Waals surface area (Å²) in [5, 5.41) is -0.366. The van der Waals surface area contributed by atoms with Gasteiger partial charge in [-0.15, -0.1) is 11.8 Å². The van der Waals surface area contributed by atoms with Gasteiger partial charge in [0.05, 0.1) is 5.25 Å². The zero-order chi connectivity index (χ0) is 12.0. The van der Waals surface area contributed by atoms with E-state index in [0.29, 0.717) is 6.54 Å². The molecule has 0 aliphatic carbocycles. The zero-order valence-corrected chi connectivity index (χ0v) is 11.1. The Kier molecular flexibility index (Phi) is 5.31. The van der Waals surface area contributed by atoms with Gasteiger partial charge in [-0.2, -0.15) is 0 Å². The van der Waals surface area contributed by atoms with Crippen molar-refractivity contribution in [3.8, 4) is 0 Å². The Morgan fingerprint density at radius 3 is 2.44 bits per heavy atom. The van der Waals surface area contributed by atoms with E-state index in [-0.39, 0.29) is 5.25 Å². The molecule has 0 radical (unpaired) electrons. The Hall–Kier alpha value is -0.520.